The minimum Gasteiger partial charge on any atom is -0.382 e. The van der Waals surface area contributed by atoms with Crippen molar-refractivity contribution < 1.29 is 14.3 Å². The van der Waals surface area contributed by atoms with Crippen molar-refractivity contribution in [2.45, 2.75) is 13.8 Å². The average molecular weight is 160 g/mol. The molecule has 5 heteroatoms. The highest BCUT2D eigenvalue weighted by molar-refractivity contribution is 5.26. The van der Waals surface area contributed by atoms with Crippen LogP contribution in [0.15, 0.2) is 0 Å². The smallest absolute Gasteiger partial charge is 0.231 e. The molecule has 5 nitrogen and oxygen atoms in total. The number of hydrogen-bond acceptors (Lipinski definition) is 5. The quantitative estimate of drug-likeness (QED) is 0.463. The van der Waals surface area contributed by atoms with E-state index < -0.39 is 0 Å². The van der Waals surface area contributed by atoms with Gasteiger partial charge in [-0.25, -0.2) is 20.4 Å². The molecular formula is C6H12N2O3. The second-order valence-electron chi connectivity index (χ2n) is 0.986. The maximum absolute atomic E-state index is 8.35. The Bertz CT molecular complexity index is 99.0. The summed E-state index contributed by atoms with van der Waals surface area (Å²) in [6, 6.07) is 0. The lowest BCUT2D eigenvalue weighted by Gasteiger charge is -1.86. The molecule has 0 unspecified atom stereocenters. The van der Waals surface area contributed by atoms with Crippen molar-refractivity contribution in [1.29, 1.82) is 10.8 Å². The molecule has 64 valence electrons. The minimum absolute atomic E-state index is 0.750. The fourth-order valence-corrected chi connectivity index (χ4v) is 0.204. The maximum Gasteiger partial charge on any atom is 0.231 e. The van der Waals surface area contributed by atoms with E-state index in [1.165, 1.54) is 0 Å². The monoisotopic (exact) mass is 160 g/mol. The largest absolute Gasteiger partial charge is 0.382 e. The van der Waals surface area contributed by atoms with Gasteiger partial charge in [-0.1, -0.05) is 0 Å². The molecule has 0 aliphatic carbocycles. The molecule has 11 heavy (non-hydrogen) atoms. The molecule has 0 atom stereocenters. The molecule has 0 fully saturated rings. The number of rotatable bonds is 2. The lowest BCUT2D eigenvalue weighted by atomic mass is 10.8. The fraction of sp³-hybridized carbons (Fsp3) is 0.667. The molecule has 0 radical (unpaired) electrons. The Hall–Kier alpha value is -1.28. The van der Waals surface area contributed by atoms with Crippen LogP contribution >= 0.6 is 0 Å². The van der Waals surface area contributed by atoms with Gasteiger partial charge in [0.15, 0.2) is 0 Å². The first-order chi connectivity index (χ1) is 5.24. The normalized spacial score (nSPS) is 5.27. The highest BCUT2D eigenvalue weighted by Gasteiger charge is 1.64. The molecule has 0 aromatic heterocycles. The summed E-state index contributed by atoms with van der Waals surface area (Å²) in [6.45, 7) is 5.67. The molecule has 0 bridgehead atoms. The van der Waals surface area contributed by atoms with Gasteiger partial charge in [0.05, 0.1) is 0 Å². The number of hydrogen-bond donors (Lipinski definition) is 2. The van der Waals surface area contributed by atoms with Gasteiger partial charge < -0.3 is 4.74 Å². The zero-order chi connectivity index (χ0) is 9.54. The molecule has 0 saturated carbocycles. The molecule has 0 heterocycles. The van der Waals surface area contributed by atoms with Crippen molar-refractivity contribution in [3.8, 4) is 0 Å². The predicted octanol–water partition coefficient (Wildman–Crippen LogP) is 0.845. The van der Waals surface area contributed by atoms with Crippen LogP contribution in [0.2, 0.25) is 0 Å². The third-order valence-electron chi connectivity index (χ3n) is 0.408. The topological polar surface area (TPSA) is 91.1 Å². The molecular weight excluding hydrogens is 148 g/mol. The van der Waals surface area contributed by atoms with E-state index in [9.17, 15) is 0 Å². The second-order valence-corrected chi connectivity index (χ2v) is 0.986. The summed E-state index contributed by atoms with van der Waals surface area (Å²) in [4.78, 5) is 16.7. The number of isocyanates is 2. The minimum atomic E-state index is 0.750. The third-order valence-corrected chi connectivity index (χ3v) is 0.408. The molecule has 0 spiro atoms. The summed E-state index contributed by atoms with van der Waals surface area (Å²) in [5, 5.41) is 10.8. The van der Waals surface area contributed by atoms with Crippen LogP contribution in [0, 0.1) is 10.8 Å². The zero-order valence-electron chi connectivity index (χ0n) is 6.64. The van der Waals surface area contributed by atoms with E-state index in [-0.39, 0.29) is 0 Å². The van der Waals surface area contributed by atoms with Gasteiger partial charge in [-0.2, -0.15) is 0 Å². The third kappa shape index (κ3) is 760. The molecule has 0 aromatic rings. The Labute approximate surface area is 65.4 Å². The van der Waals surface area contributed by atoms with Gasteiger partial charge in [0.1, 0.15) is 0 Å². The van der Waals surface area contributed by atoms with Gasteiger partial charge in [-0.3, -0.25) is 0 Å². The lowest BCUT2D eigenvalue weighted by Crippen LogP contribution is -1.84. The molecule has 2 N–H and O–H groups in total. The molecule has 0 rings (SSSR count). The number of ether oxygens (including phenoxy) is 1. The van der Waals surface area contributed by atoms with Gasteiger partial charge in [0.25, 0.3) is 0 Å². The van der Waals surface area contributed by atoms with Crippen LogP contribution in [0.3, 0.4) is 0 Å². The highest BCUT2D eigenvalue weighted by atomic mass is 16.5. The van der Waals surface area contributed by atoms with Crippen LogP contribution in [-0.4, -0.2) is 25.4 Å². The Morgan fingerprint density at radius 1 is 1.09 bits per heavy atom. The van der Waals surface area contributed by atoms with Crippen molar-refractivity contribution in [1.82, 2.24) is 0 Å². The first kappa shape index (κ1) is 16.4. The van der Waals surface area contributed by atoms with Crippen LogP contribution in [0.1, 0.15) is 13.8 Å². The van der Waals surface area contributed by atoms with E-state index in [1.54, 1.807) is 0 Å². The van der Waals surface area contributed by atoms with Crippen molar-refractivity contribution in [2.75, 3.05) is 13.2 Å². The lowest BCUT2D eigenvalue weighted by molar-refractivity contribution is 0.162. The van der Waals surface area contributed by atoms with Crippen molar-refractivity contribution in [2.24, 2.45) is 0 Å². The molecule has 0 saturated heterocycles. The first-order valence-electron chi connectivity index (χ1n) is 2.90. The Morgan fingerprint density at radius 3 is 1.27 bits per heavy atom. The van der Waals surface area contributed by atoms with E-state index >= 15 is 0 Å². The van der Waals surface area contributed by atoms with E-state index in [2.05, 4.69) is 0 Å². The second kappa shape index (κ2) is 37.6. The van der Waals surface area contributed by atoms with E-state index in [1.807, 2.05) is 13.8 Å². The average Bonchev–Trinajstić information content (AvgIpc) is 1.92. The summed E-state index contributed by atoms with van der Waals surface area (Å²) < 4.78 is 4.83. The summed E-state index contributed by atoms with van der Waals surface area (Å²) in [5.74, 6) is 0. The van der Waals surface area contributed by atoms with Crippen LogP contribution < -0.4 is 0 Å². The Balaban J connectivity index is -0.0000000933. The SMILES string of the molecule is CCOCC.N=C=O.N=C=O. The molecule has 0 aliphatic rings. The van der Waals surface area contributed by atoms with Gasteiger partial charge in [0, 0.05) is 13.2 Å². The van der Waals surface area contributed by atoms with Gasteiger partial charge in [-0.05, 0) is 13.8 Å². The van der Waals surface area contributed by atoms with Gasteiger partial charge >= 0.3 is 0 Å². The van der Waals surface area contributed by atoms with Crippen molar-refractivity contribution >= 4 is 12.2 Å². The summed E-state index contributed by atoms with van der Waals surface area (Å²) in [5.41, 5.74) is 0. The first-order valence-corrected chi connectivity index (χ1v) is 2.90. The fourth-order valence-electron chi connectivity index (χ4n) is 0.204. The summed E-state index contributed by atoms with van der Waals surface area (Å²) in [6.07, 6.45) is 1.50. The number of carbonyl (C=O) groups excluding carboxylic acids is 2. The van der Waals surface area contributed by atoms with E-state index in [0.717, 1.165) is 25.4 Å². The maximum atomic E-state index is 8.35. The Morgan fingerprint density at radius 2 is 1.27 bits per heavy atom. The summed E-state index contributed by atoms with van der Waals surface area (Å²) >= 11 is 0. The van der Waals surface area contributed by atoms with Gasteiger partial charge in [-0.15, -0.1) is 0 Å². The van der Waals surface area contributed by atoms with Crippen LogP contribution in [0.4, 0.5) is 0 Å². The highest BCUT2D eigenvalue weighted by Crippen LogP contribution is 1.64. The number of nitrogens with one attached hydrogen (secondary N) is 2. The summed E-state index contributed by atoms with van der Waals surface area (Å²) in [7, 11) is 0. The van der Waals surface area contributed by atoms with Crippen LogP contribution in [0.5, 0.6) is 0 Å². The van der Waals surface area contributed by atoms with Crippen molar-refractivity contribution in [3.63, 3.8) is 0 Å². The molecule has 0 aliphatic heterocycles. The van der Waals surface area contributed by atoms with Crippen LogP contribution in [0.25, 0.3) is 0 Å². The van der Waals surface area contributed by atoms with E-state index in [0.29, 0.717) is 0 Å². The standard InChI is InChI=1S/C4H10O.2CHNO/c1-3-5-4-2;2*2-1-3/h3-4H2,1-2H3;2*2H. The molecule has 0 amide bonds. The van der Waals surface area contributed by atoms with Gasteiger partial charge in [0.2, 0.25) is 12.2 Å². The predicted molar refractivity (Wildman–Crippen MR) is 39.0 cm³/mol. The Kier molecular flexibility index (Phi) is 55.9. The van der Waals surface area contributed by atoms with Crippen molar-refractivity contribution in [3.05, 3.63) is 0 Å². The van der Waals surface area contributed by atoms with Crippen LogP contribution in [-0.2, 0) is 14.3 Å². The van der Waals surface area contributed by atoms with E-state index in [4.69, 9.17) is 25.1 Å². The molecule has 0 aromatic carbocycles. The zero-order valence-corrected chi connectivity index (χ0v) is 6.64.